The van der Waals surface area contributed by atoms with Crippen molar-refractivity contribution in [2.75, 3.05) is 6.61 Å². The van der Waals surface area contributed by atoms with Crippen LogP contribution < -0.4 is 0 Å². The number of hydrogen-bond donors (Lipinski definition) is 0. The fourth-order valence-corrected chi connectivity index (χ4v) is 3.09. The molecule has 3 rings (SSSR count). The Bertz CT molecular complexity index is 452. The van der Waals surface area contributed by atoms with E-state index >= 15 is 0 Å². The molecule has 1 aromatic rings. The van der Waals surface area contributed by atoms with Gasteiger partial charge < -0.3 is 4.74 Å². The Morgan fingerprint density at radius 3 is 2.72 bits per heavy atom. The summed E-state index contributed by atoms with van der Waals surface area (Å²) in [4.78, 5) is 0. The topological polar surface area (TPSA) is 27.1 Å². The van der Waals surface area contributed by atoms with Crippen LogP contribution in [0.1, 0.15) is 64.4 Å². The predicted molar refractivity (Wildman–Crippen MR) is 71.9 cm³/mol. The smallest absolute Gasteiger partial charge is 0.0908 e. The molecule has 2 aliphatic rings. The zero-order valence-electron chi connectivity index (χ0n) is 12.0. The molecule has 0 aromatic carbocycles. The van der Waals surface area contributed by atoms with Crippen molar-refractivity contribution in [3.63, 3.8) is 0 Å². The summed E-state index contributed by atoms with van der Waals surface area (Å²) in [6, 6.07) is 2.75. The lowest BCUT2D eigenvalue weighted by Gasteiger charge is -2.26. The van der Waals surface area contributed by atoms with E-state index in [-0.39, 0.29) is 11.0 Å². The van der Waals surface area contributed by atoms with Gasteiger partial charge in [-0.2, -0.15) is 5.10 Å². The maximum absolute atomic E-state index is 5.97. The average molecular weight is 248 g/mol. The van der Waals surface area contributed by atoms with Crippen molar-refractivity contribution in [3.05, 3.63) is 17.5 Å². The van der Waals surface area contributed by atoms with Crippen LogP contribution in [0.5, 0.6) is 0 Å². The minimum atomic E-state index is 0.136. The van der Waals surface area contributed by atoms with Crippen LogP contribution in [0.25, 0.3) is 0 Å². The van der Waals surface area contributed by atoms with E-state index in [1.54, 1.807) is 0 Å². The van der Waals surface area contributed by atoms with Crippen molar-refractivity contribution < 1.29 is 4.74 Å². The molecule has 0 bridgehead atoms. The first-order valence-corrected chi connectivity index (χ1v) is 7.19. The number of hydrogen-bond acceptors (Lipinski definition) is 2. The molecule has 1 saturated carbocycles. The second-order valence-electron chi connectivity index (χ2n) is 6.79. The number of aromatic nitrogens is 2. The number of ether oxygens (including phenoxy) is 1. The van der Waals surface area contributed by atoms with Crippen LogP contribution in [0.15, 0.2) is 6.07 Å². The van der Waals surface area contributed by atoms with Crippen molar-refractivity contribution in [1.29, 1.82) is 0 Å². The Morgan fingerprint density at radius 2 is 2.17 bits per heavy atom. The zero-order valence-corrected chi connectivity index (χ0v) is 12.0. The van der Waals surface area contributed by atoms with Crippen LogP contribution in [0.2, 0.25) is 0 Å². The van der Waals surface area contributed by atoms with Gasteiger partial charge in [0.25, 0.3) is 0 Å². The molecule has 1 spiro atoms. The van der Waals surface area contributed by atoms with E-state index in [2.05, 4.69) is 38.4 Å². The SMILES string of the molecule is CCc1cc(C(C)(C)C)n(C2CCOC23CC3)n1. The molecular formula is C15H24N2O. The molecule has 0 radical (unpaired) electrons. The lowest BCUT2D eigenvalue weighted by Crippen LogP contribution is -2.28. The molecule has 1 atom stereocenters. The van der Waals surface area contributed by atoms with Gasteiger partial charge in [0.1, 0.15) is 0 Å². The Kier molecular flexibility index (Phi) is 2.60. The van der Waals surface area contributed by atoms with Crippen LogP contribution >= 0.6 is 0 Å². The molecule has 100 valence electrons. The van der Waals surface area contributed by atoms with Gasteiger partial charge in [-0.1, -0.05) is 27.7 Å². The highest BCUT2D eigenvalue weighted by Gasteiger charge is 2.56. The summed E-state index contributed by atoms with van der Waals surface area (Å²) >= 11 is 0. The molecule has 0 N–H and O–H groups in total. The molecule has 1 unspecified atom stereocenters. The Hall–Kier alpha value is -0.830. The third-order valence-electron chi connectivity index (χ3n) is 4.34. The quantitative estimate of drug-likeness (QED) is 0.803. The number of nitrogens with zero attached hydrogens (tertiary/aromatic N) is 2. The van der Waals surface area contributed by atoms with Crippen molar-refractivity contribution in [1.82, 2.24) is 9.78 Å². The normalized spacial score (nSPS) is 25.9. The molecule has 1 aliphatic heterocycles. The lowest BCUT2D eigenvalue weighted by atomic mass is 9.91. The Balaban J connectivity index is 2.02. The van der Waals surface area contributed by atoms with E-state index in [9.17, 15) is 0 Å². The molecule has 1 saturated heterocycles. The second-order valence-corrected chi connectivity index (χ2v) is 6.79. The van der Waals surface area contributed by atoms with E-state index in [0.29, 0.717) is 6.04 Å². The summed E-state index contributed by atoms with van der Waals surface area (Å²) in [6.07, 6.45) is 4.55. The van der Waals surface area contributed by atoms with Gasteiger partial charge in [-0.05, 0) is 31.7 Å². The fourth-order valence-electron chi connectivity index (χ4n) is 3.09. The van der Waals surface area contributed by atoms with Gasteiger partial charge in [0, 0.05) is 17.7 Å². The largest absolute Gasteiger partial charge is 0.373 e. The maximum atomic E-state index is 5.97. The number of rotatable bonds is 2. The van der Waals surface area contributed by atoms with E-state index in [1.807, 2.05) is 0 Å². The van der Waals surface area contributed by atoms with Gasteiger partial charge in [0.2, 0.25) is 0 Å². The average Bonchev–Trinajstić information content (AvgIpc) is 2.74. The molecule has 1 aromatic heterocycles. The molecule has 3 nitrogen and oxygen atoms in total. The van der Waals surface area contributed by atoms with Gasteiger partial charge >= 0.3 is 0 Å². The highest BCUT2D eigenvalue weighted by atomic mass is 16.5. The lowest BCUT2D eigenvalue weighted by molar-refractivity contribution is 0.0667. The second kappa shape index (κ2) is 3.83. The summed E-state index contributed by atoms with van der Waals surface area (Å²) in [5.41, 5.74) is 2.86. The summed E-state index contributed by atoms with van der Waals surface area (Å²) < 4.78 is 8.26. The van der Waals surface area contributed by atoms with Crippen LogP contribution in [-0.4, -0.2) is 22.0 Å². The molecule has 2 heterocycles. The molecule has 18 heavy (non-hydrogen) atoms. The van der Waals surface area contributed by atoms with Crippen LogP contribution in [0.3, 0.4) is 0 Å². The minimum Gasteiger partial charge on any atom is -0.373 e. The van der Waals surface area contributed by atoms with E-state index in [1.165, 1.54) is 24.2 Å². The third kappa shape index (κ3) is 1.80. The van der Waals surface area contributed by atoms with E-state index in [0.717, 1.165) is 19.4 Å². The fraction of sp³-hybridized carbons (Fsp3) is 0.800. The first-order chi connectivity index (χ1) is 8.46. The molecule has 1 aliphatic carbocycles. The highest BCUT2D eigenvalue weighted by Crippen LogP contribution is 2.54. The molecule has 0 amide bonds. The van der Waals surface area contributed by atoms with Crippen LogP contribution in [0.4, 0.5) is 0 Å². The number of aryl methyl sites for hydroxylation is 1. The van der Waals surface area contributed by atoms with Crippen molar-refractivity contribution in [2.45, 2.75) is 70.4 Å². The van der Waals surface area contributed by atoms with Gasteiger partial charge in [-0.25, -0.2) is 0 Å². The van der Waals surface area contributed by atoms with Crippen molar-refractivity contribution >= 4 is 0 Å². The minimum absolute atomic E-state index is 0.136. The van der Waals surface area contributed by atoms with Gasteiger partial charge in [-0.15, -0.1) is 0 Å². The predicted octanol–water partition coefficient (Wildman–Crippen LogP) is 3.24. The van der Waals surface area contributed by atoms with Crippen molar-refractivity contribution in [2.24, 2.45) is 0 Å². The van der Waals surface area contributed by atoms with Gasteiger partial charge in [0.15, 0.2) is 0 Å². The summed E-state index contributed by atoms with van der Waals surface area (Å²) in [5.74, 6) is 0. The van der Waals surface area contributed by atoms with Crippen molar-refractivity contribution in [3.8, 4) is 0 Å². The molecule has 2 fully saturated rings. The molecular weight excluding hydrogens is 224 g/mol. The maximum Gasteiger partial charge on any atom is 0.0908 e. The van der Waals surface area contributed by atoms with E-state index in [4.69, 9.17) is 9.84 Å². The summed E-state index contributed by atoms with van der Waals surface area (Å²) in [5, 5.41) is 4.85. The van der Waals surface area contributed by atoms with Crippen LogP contribution in [0, 0.1) is 0 Å². The summed E-state index contributed by atoms with van der Waals surface area (Å²) in [6.45, 7) is 9.90. The first kappa shape index (κ1) is 12.2. The Labute approximate surface area is 110 Å². The standard InChI is InChI=1S/C15H24N2O/c1-5-11-10-13(14(2,3)4)17(16-11)12-6-9-18-15(12)7-8-15/h10,12H,5-9H2,1-4H3. The van der Waals surface area contributed by atoms with E-state index < -0.39 is 0 Å². The monoisotopic (exact) mass is 248 g/mol. The first-order valence-electron chi connectivity index (χ1n) is 7.19. The third-order valence-corrected chi connectivity index (χ3v) is 4.34. The highest BCUT2D eigenvalue weighted by molar-refractivity contribution is 5.21. The Morgan fingerprint density at radius 1 is 1.44 bits per heavy atom. The van der Waals surface area contributed by atoms with Crippen LogP contribution in [-0.2, 0) is 16.6 Å². The zero-order chi connectivity index (χ0) is 13.0. The van der Waals surface area contributed by atoms with Gasteiger partial charge in [0.05, 0.1) is 17.3 Å². The molecule has 3 heteroatoms. The van der Waals surface area contributed by atoms with Gasteiger partial charge in [-0.3, -0.25) is 4.68 Å². The summed E-state index contributed by atoms with van der Waals surface area (Å²) in [7, 11) is 0.